The van der Waals surface area contributed by atoms with Gasteiger partial charge in [-0.2, -0.15) is 0 Å². The number of pyridine rings is 1. The molecule has 0 unspecified atom stereocenters. The van der Waals surface area contributed by atoms with E-state index in [9.17, 15) is 9.59 Å². The molecule has 0 radical (unpaired) electrons. The van der Waals surface area contributed by atoms with Gasteiger partial charge in [-0.25, -0.2) is 19.7 Å². The van der Waals surface area contributed by atoms with Gasteiger partial charge in [0.05, 0.1) is 19.3 Å². The molecule has 2 aliphatic carbocycles. The fourth-order valence-electron chi connectivity index (χ4n) is 4.67. The molecule has 0 saturated heterocycles. The molecule has 1 aromatic carbocycles. The number of imidazole rings is 1. The Labute approximate surface area is 218 Å². The van der Waals surface area contributed by atoms with Crippen molar-refractivity contribution in [3.05, 3.63) is 82.5 Å². The molecular weight excluding hydrogens is 492 g/mol. The molecule has 0 bridgehead atoms. The molecular formula is C27H25ClN6O3. The predicted molar refractivity (Wildman–Crippen MR) is 139 cm³/mol. The number of esters is 1. The van der Waals surface area contributed by atoms with Crippen molar-refractivity contribution < 1.29 is 14.3 Å². The maximum atomic E-state index is 12.7. The lowest BCUT2D eigenvalue weighted by molar-refractivity contribution is -0.117. The Morgan fingerprint density at radius 1 is 1.11 bits per heavy atom. The van der Waals surface area contributed by atoms with Gasteiger partial charge in [0.25, 0.3) is 0 Å². The van der Waals surface area contributed by atoms with Crippen LogP contribution in [0.25, 0.3) is 5.65 Å². The number of aromatic nitrogens is 4. The number of carbonyl (C=O) groups is 2. The summed E-state index contributed by atoms with van der Waals surface area (Å²) in [6, 6.07) is 11.2. The number of methoxy groups -OCH3 is 1. The fraction of sp³-hybridized carbons (Fsp3) is 0.296. The zero-order chi connectivity index (χ0) is 25.5. The van der Waals surface area contributed by atoms with Crippen LogP contribution in [-0.2, 0) is 16.1 Å². The van der Waals surface area contributed by atoms with Crippen molar-refractivity contribution in [3.8, 4) is 0 Å². The first kappa shape index (κ1) is 23.4. The molecule has 3 aromatic heterocycles. The smallest absolute Gasteiger partial charge is 0.341 e. The standard InChI is InChI=1S/C27H25ClN6O3/c1-37-27(36)22-8-17(15-5-6-15)12-34-13-19(32-25(22)34)11-29-23-10-24(31-14-30-23)33-26(35)21-9-20(21)16-3-2-4-18(28)7-16/h2-4,7-8,10,12-15,20-21H,5-6,9,11H2,1H3,(H2,29,30,31,33,35)/t20-,21+/m1/s1. The number of amides is 1. The van der Waals surface area contributed by atoms with Crippen LogP contribution in [0.15, 0.2) is 55.1 Å². The summed E-state index contributed by atoms with van der Waals surface area (Å²) in [7, 11) is 1.38. The highest BCUT2D eigenvalue weighted by molar-refractivity contribution is 6.30. The molecule has 2 saturated carbocycles. The van der Waals surface area contributed by atoms with Gasteiger partial charge in [-0.05, 0) is 60.4 Å². The minimum Gasteiger partial charge on any atom is -0.465 e. The fourth-order valence-corrected chi connectivity index (χ4v) is 4.87. The quantitative estimate of drug-likeness (QED) is 0.324. The topological polar surface area (TPSA) is 111 Å². The van der Waals surface area contributed by atoms with Gasteiger partial charge in [-0.15, -0.1) is 0 Å². The first-order chi connectivity index (χ1) is 18.0. The molecule has 2 fully saturated rings. The Bertz CT molecular complexity index is 1520. The maximum Gasteiger partial charge on any atom is 0.341 e. The lowest BCUT2D eigenvalue weighted by Crippen LogP contribution is -2.16. The third-order valence-electron chi connectivity index (χ3n) is 6.85. The second-order valence-corrected chi connectivity index (χ2v) is 9.99. The zero-order valence-corrected chi connectivity index (χ0v) is 20.9. The molecule has 3 heterocycles. The molecule has 188 valence electrons. The largest absolute Gasteiger partial charge is 0.465 e. The number of fused-ring (bicyclic) bond motifs is 1. The third kappa shape index (κ3) is 4.99. The molecule has 2 aliphatic rings. The minimum absolute atomic E-state index is 0.0724. The first-order valence-corrected chi connectivity index (χ1v) is 12.6. The van der Waals surface area contributed by atoms with E-state index in [4.69, 9.17) is 16.3 Å². The first-order valence-electron chi connectivity index (χ1n) is 12.2. The van der Waals surface area contributed by atoms with Crippen molar-refractivity contribution >= 4 is 40.8 Å². The summed E-state index contributed by atoms with van der Waals surface area (Å²) in [5.41, 5.74) is 3.95. The lowest BCUT2D eigenvalue weighted by atomic mass is 10.1. The molecule has 2 N–H and O–H groups in total. The zero-order valence-electron chi connectivity index (χ0n) is 20.1. The summed E-state index contributed by atoms with van der Waals surface area (Å²) in [6.45, 7) is 0.380. The van der Waals surface area contributed by atoms with Crippen LogP contribution in [-0.4, -0.2) is 38.3 Å². The average molecular weight is 517 g/mol. The van der Waals surface area contributed by atoms with Crippen molar-refractivity contribution in [1.29, 1.82) is 0 Å². The van der Waals surface area contributed by atoms with Crippen LogP contribution in [0.5, 0.6) is 0 Å². The van der Waals surface area contributed by atoms with Crippen molar-refractivity contribution in [2.24, 2.45) is 5.92 Å². The molecule has 37 heavy (non-hydrogen) atoms. The molecule has 0 aliphatic heterocycles. The number of hydrogen-bond acceptors (Lipinski definition) is 7. The van der Waals surface area contributed by atoms with Crippen LogP contribution in [0.3, 0.4) is 0 Å². The molecule has 6 rings (SSSR count). The van der Waals surface area contributed by atoms with Gasteiger partial charge in [0.1, 0.15) is 23.5 Å². The Kier molecular flexibility index (Phi) is 6.00. The minimum atomic E-state index is -0.401. The van der Waals surface area contributed by atoms with Gasteiger partial charge in [-0.3, -0.25) is 4.79 Å². The normalized spacial score (nSPS) is 18.4. The van der Waals surface area contributed by atoms with Gasteiger partial charge in [0, 0.05) is 29.4 Å². The van der Waals surface area contributed by atoms with E-state index in [2.05, 4.69) is 25.6 Å². The molecule has 2 atom stereocenters. The van der Waals surface area contributed by atoms with Crippen LogP contribution in [0.2, 0.25) is 5.02 Å². The van der Waals surface area contributed by atoms with Gasteiger partial charge in [0.2, 0.25) is 5.91 Å². The summed E-state index contributed by atoms with van der Waals surface area (Å²) in [5.74, 6) is 1.06. The summed E-state index contributed by atoms with van der Waals surface area (Å²) in [5, 5.41) is 6.79. The van der Waals surface area contributed by atoms with E-state index >= 15 is 0 Å². The van der Waals surface area contributed by atoms with Gasteiger partial charge < -0.3 is 19.8 Å². The van der Waals surface area contributed by atoms with Crippen molar-refractivity contribution in [1.82, 2.24) is 19.4 Å². The number of carbonyl (C=O) groups excluding carboxylic acids is 2. The van der Waals surface area contributed by atoms with Gasteiger partial charge >= 0.3 is 5.97 Å². The van der Waals surface area contributed by atoms with Crippen molar-refractivity contribution in [2.45, 2.75) is 37.6 Å². The van der Waals surface area contributed by atoms with Crippen LogP contribution >= 0.6 is 11.6 Å². The predicted octanol–water partition coefficient (Wildman–Crippen LogP) is 4.80. The van der Waals surface area contributed by atoms with Crippen LogP contribution < -0.4 is 10.6 Å². The van der Waals surface area contributed by atoms with E-state index < -0.39 is 5.97 Å². The molecule has 9 nitrogen and oxygen atoms in total. The van der Waals surface area contributed by atoms with Crippen LogP contribution in [0, 0.1) is 5.92 Å². The molecule has 0 spiro atoms. The van der Waals surface area contributed by atoms with E-state index in [0.717, 1.165) is 36.1 Å². The van der Waals surface area contributed by atoms with Crippen LogP contribution in [0.4, 0.5) is 11.6 Å². The number of halogens is 1. The third-order valence-corrected chi connectivity index (χ3v) is 7.08. The Morgan fingerprint density at radius 3 is 2.73 bits per heavy atom. The Balaban J connectivity index is 1.12. The van der Waals surface area contributed by atoms with Crippen molar-refractivity contribution in [3.63, 3.8) is 0 Å². The number of anilines is 2. The van der Waals surface area contributed by atoms with Gasteiger partial charge in [0.15, 0.2) is 5.65 Å². The number of nitrogens with one attached hydrogen (secondary N) is 2. The number of ether oxygens (including phenoxy) is 1. The monoisotopic (exact) mass is 516 g/mol. The van der Waals surface area contributed by atoms with E-state index in [1.807, 2.05) is 47.1 Å². The van der Waals surface area contributed by atoms with Crippen molar-refractivity contribution in [2.75, 3.05) is 17.7 Å². The Morgan fingerprint density at radius 2 is 1.95 bits per heavy atom. The lowest BCUT2D eigenvalue weighted by Gasteiger charge is -2.07. The second-order valence-electron chi connectivity index (χ2n) is 9.55. The highest BCUT2D eigenvalue weighted by Gasteiger charge is 2.44. The molecule has 10 heteroatoms. The number of benzene rings is 1. The summed E-state index contributed by atoms with van der Waals surface area (Å²) >= 11 is 6.09. The number of rotatable bonds is 8. The van der Waals surface area contributed by atoms with E-state index in [1.54, 1.807) is 6.07 Å². The van der Waals surface area contributed by atoms with E-state index in [0.29, 0.717) is 40.3 Å². The highest BCUT2D eigenvalue weighted by atomic mass is 35.5. The number of nitrogens with zero attached hydrogens (tertiary/aromatic N) is 4. The Hall–Kier alpha value is -3.98. The molecule has 1 amide bonds. The second kappa shape index (κ2) is 9.48. The van der Waals surface area contributed by atoms with Crippen LogP contribution in [0.1, 0.15) is 58.3 Å². The summed E-state index contributed by atoms with van der Waals surface area (Å²) in [6.07, 6.45) is 8.37. The molecule has 4 aromatic rings. The van der Waals surface area contributed by atoms with E-state index in [-0.39, 0.29) is 17.7 Å². The summed E-state index contributed by atoms with van der Waals surface area (Å²) < 4.78 is 6.86. The highest BCUT2D eigenvalue weighted by Crippen LogP contribution is 2.48. The average Bonchev–Trinajstić information content (AvgIpc) is 3.83. The summed E-state index contributed by atoms with van der Waals surface area (Å²) in [4.78, 5) is 38.2. The number of hydrogen-bond donors (Lipinski definition) is 2. The SMILES string of the molecule is COC(=O)c1cc(C2CC2)cn2cc(CNc3cc(NC(=O)[C@H]4C[C@@H]4c4cccc(Cl)c4)ncn3)nc12. The maximum absolute atomic E-state index is 12.7. The van der Waals surface area contributed by atoms with Gasteiger partial charge in [-0.1, -0.05) is 23.7 Å². The van der Waals surface area contributed by atoms with E-state index in [1.165, 1.54) is 13.4 Å².